The summed E-state index contributed by atoms with van der Waals surface area (Å²) in [6.45, 7) is 2.27. The second kappa shape index (κ2) is 6.44. The molecule has 21 heavy (non-hydrogen) atoms. The molecular formula is C16H15N3O2. The molecule has 0 spiro atoms. The van der Waals surface area contributed by atoms with Crippen molar-refractivity contribution in [2.24, 2.45) is 0 Å². The van der Waals surface area contributed by atoms with Gasteiger partial charge in [0.2, 0.25) is 0 Å². The van der Waals surface area contributed by atoms with Gasteiger partial charge in [0.05, 0.1) is 18.2 Å². The Morgan fingerprint density at radius 3 is 2.81 bits per heavy atom. The van der Waals surface area contributed by atoms with Crippen LogP contribution in [-0.4, -0.2) is 12.5 Å². The van der Waals surface area contributed by atoms with E-state index in [0.717, 1.165) is 0 Å². The SMILES string of the molecule is CCOc1cccc(N)c1C(=O)Nc1cccc(C#N)c1. The van der Waals surface area contributed by atoms with Gasteiger partial charge in [0, 0.05) is 11.4 Å². The number of nitrogens with one attached hydrogen (secondary N) is 1. The summed E-state index contributed by atoms with van der Waals surface area (Å²) in [5.41, 5.74) is 7.51. The molecule has 0 bridgehead atoms. The van der Waals surface area contributed by atoms with E-state index < -0.39 is 0 Å². The second-order valence-electron chi connectivity index (χ2n) is 4.30. The van der Waals surface area contributed by atoms with Crippen molar-refractivity contribution in [2.75, 3.05) is 17.7 Å². The summed E-state index contributed by atoms with van der Waals surface area (Å²) < 4.78 is 5.43. The molecule has 0 heterocycles. The number of nitrogens with two attached hydrogens (primary N) is 1. The van der Waals surface area contributed by atoms with Gasteiger partial charge in [-0.25, -0.2) is 0 Å². The molecule has 5 heteroatoms. The molecule has 3 N–H and O–H groups in total. The highest BCUT2D eigenvalue weighted by molar-refractivity contribution is 6.09. The van der Waals surface area contributed by atoms with Crippen molar-refractivity contribution in [3.05, 3.63) is 53.6 Å². The number of rotatable bonds is 4. The first-order valence-corrected chi connectivity index (χ1v) is 6.48. The van der Waals surface area contributed by atoms with E-state index in [9.17, 15) is 4.79 Å². The van der Waals surface area contributed by atoms with Gasteiger partial charge in [0.15, 0.2) is 0 Å². The second-order valence-corrected chi connectivity index (χ2v) is 4.30. The summed E-state index contributed by atoms with van der Waals surface area (Å²) in [6.07, 6.45) is 0. The maximum Gasteiger partial charge on any atom is 0.261 e. The van der Waals surface area contributed by atoms with Crippen LogP contribution in [0, 0.1) is 11.3 Å². The third-order valence-corrected chi connectivity index (χ3v) is 2.83. The van der Waals surface area contributed by atoms with Crippen molar-refractivity contribution in [3.8, 4) is 11.8 Å². The zero-order valence-corrected chi connectivity index (χ0v) is 11.6. The fourth-order valence-electron chi connectivity index (χ4n) is 1.93. The molecule has 0 aliphatic rings. The molecule has 2 aromatic carbocycles. The lowest BCUT2D eigenvalue weighted by atomic mass is 10.1. The minimum absolute atomic E-state index is 0.293. The van der Waals surface area contributed by atoms with Gasteiger partial charge >= 0.3 is 0 Å². The smallest absolute Gasteiger partial charge is 0.261 e. The van der Waals surface area contributed by atoms with Crippen molar-refractivity contribution in [1.82, 2.24) is 0 Å². The van der Waals surface area contributed by atoms with Crippen LogP contribution in [0.3, 0.4) is 0 Å². The molecule has 0 saturated carbocycles. The highest BCUT2D eigenvalue weighted by Crippen LogP contribution is 2.25. The molecule has 0 atom stereocenters. The molecule has 0 aliphatic carbocycles. The van der Waals surface area contributed by atoms with Crippen LogP contribution in [0.1, 0.15) is 22.8 Å². The van der Waals surface area contributed by atoms with E-state index in [1.165, 1.54) is 0 Å². The van der Waals surface area contributed by atoms with E-state index in [4.69, 9.17) is 15.7 Å². The number of ether oxygens (including phenoxy) is 1. The summed E-state index contributed by atoms with van der Waals surface area (Å²) in [5.74, 6) is 0.0677. The Bertz CT molecular complexity index is 705. The average Bonchev–Trinajstić information content (AvgIpc) is 2.47. The summed E-state index contributed by atoms with van der Waals surface area (Å²) in [6, 6.07) is 13.8. The van der Waals surface area contributed by atoms with Crippen LogP contribution in [0.15, 0.2) is 42.5 Å². The van der Waals surface area contributed by atoms with Gasteiger partial charge in [-0.1, -0.05) is 12.1 Å². The Labute approximate surface area is 123 Å². The number of nitrogen functional groups attached to an aromatic ring is 1. The molecule has 2 aromatic rings. The van der Waals surface area contributed by atoms with Crippen LogP contribution in [0.2, 0.25) is 0 Å². The quantitative estimate of drug-likeness (QED) is 0.843. The molecule has 1 amide bonds. The first-order chi connectivity index (χ1) is 10.2. The van der Waals surface area contributed by atoms with Crippen LogP contribution in [0.25, 0.3) is 0 Å². The minimum atomic E-state index is -0.369. The largest absolute Gasteiger partial charge is 0.493 e. The van der Waals surface area contributed by atoms with E-state index in [1.807, 2.05) is 13.0 Å². The zero-order valence-electron chi connectivity index (χ0n) is 11.6. The Morgan fingerprint density at radius 1 is 1.33 bits per heavy atom. The molecule has 0 unspecified atom stereocenters. The Balaban J connectivity index is 2.30. The number of carbonyl (C=O) groups is 1. The number of hydrogen-bond donors (Lipinski definition) is 2. The Morgan fingerprint density at radius 2 is 2.10 bits per heavy atom. The van der Waals surface area contributed by atoms with Gasteiger partial charge in [0.1, 0.15) is 11.3 Å². The van der Waals surface area contributed by atoms with Crippen molar-refractivity contribution in [2.45, 2.75) is 6.92 Å². The fraction of sp³-hybridized carbons (Fsp3) is 0.125. The molecule has 5 nitrogen and oxygen atoms in total. The third-order valence-electron chi connectivity index (χ3n) is 2.83. The molecule has 0 aromatic heterocycles. The number of anilines is 2. The lowest BCUT2D eigenvalue weighted by molar-refractivity contribution is 0.102. The van der Waals surface area contributed by atoms with Crippen LogP contribution in [-0.2, 0) is 0 Å². The number of nitrogens with zero attached hydrogens (tertiary/aromatic N) is 1. The molecular weight excluding hydrogens is 266 g/mol. The van der Waals surface area contributed by atoms with E-state index in [-0.39, 0.29) is 5.91 Å². The van der Waals surface area contributed by atoms with Crippen molar-refractivity contribution in [1.29, 1.82) is 5.26 Å². The molecule has 0 aliphatic heterocycles. The predicted molar refractivity (Wildman–Crippen MR) is 81.1 cm³/mol. The summed E-state index contributed by atoms with van der Waals surface area (Å²) in [5, 5.41) is 11.6. The standard InChI is InChI=1S/C16H15N3O2/c1-2-21-14-8-4-7-13(18)15(14)16(20)19-12-6-3-5-11(9-12)10-17/h3-9H,2,18H2,1H3,(H,19,20). The minimum Gasteiger partial charge on any atom is -0.493 e. The van der Waals surface area contributed by atoms with E-state index in [2.05, 4.69) is 5.32 Å². The van der Waals surface area contributed by atoms with E-state index in [0.29, 0.717) is 34.9 Å². The van der Waals surface area contributed by atoms with Crippen LogP contribution < -0.4 is 15.8 Å². The number of carbonyl (C=O) groups excluding carboxylic acids is 1. The topological polar surface area (TPSA) is 88.1 Å². The molecule has 106 valence electrons. The predicted octanol–water partition coefficient (Wildman–Crippen LogP) is 2.79. The van der Waals surface area contributed by atoms with Gasteiger partial charge in [0.25, 0.3) is 5.91 Å². The normalized spacial score (nSPS) is 9.71. The lowest BCUT2D eigenvalue weighted by Crippen LogP contribution is -2.16. The first kappa shape index (κ1) is 14.4. The molecule has 2 rings (SSSR count). The van der Waals surface area contributed by atoms with Crippen molar-refractivity contribution < 1.29 is 9.53 Å². The first-order valence-electron chi connectivity index (χ1n) is 6.48. The summed E-state index contributed by atoms with van der Waals surface area (Å²) >= 11 is 0. The molecule has 0 fully saturated rings. The van der Waals surface area contributed by atoms with Gasteiger partial charge in [-0.3, -0.25) is 4.79 Å². The maximum atomic E-state index is 12.4. The maximum absolute atomic E-state index is 12.4. The van der Waals surface area contributed by atoms with E-state index >= 15 is 0 Å². The van der Waals surface area contributed by atoms with Gasteiger partial charge < -0.3 is 15.8 Å². The highest BCUT2D eigenvalue weighted by Gasteiger charge is 2.16. The number of amides is 1. The van der Waals surface area contributed by atoms with E-state index in [1.54, 1.807) is 42.5 Å². The Kier molecular flexibility index (Phi) is 4.42. The lowest BCUT2D eigenvalue weighted by Gasteiger charge is -2.12. The van der Waals surface area contributed by atoms with Crippen LogP contribution in [0.4, 0.5) is 11.4 Å². The number of nitriles is 1. The zero-order chi connectivity index (χ0) is 15.2. The Hall–Kier alpha value is -3.00. The summed E-state index contributed by atoms with van der Waals surface area (Å²) in [4.78, 5) is 12.4. The monoisotopic (exact) mass is 281 g/mol. The molecule has 0 saturated heterocycles. The number of hydrogen-bond acceptors (Lipinski definition) is 4. The molecule has 0 radical (unpaired) electrons. The van der Waals surface area contributed by atoms with Crippen LogP contribution >= 0.6 is 0 Å². The summed E-state index contributed by atoms with van der Waals surface area (Å²) in [7, 11) is 0. The van der Waals surface area contributed by atoms with Crippen molar-refractivity contribution in [3.63, 3.8) is 0 Å². The van der Waals surface area contributed by atoms with Gasteiger partial charge in [-0.05, 0) is 37.3 Å². The van der Waals surface area contributed by atoms with Gasteiger partial charge in [-0.15, -0.1) is 0 Å². The average molecular weight is 281 g/mol. The fourth-order valence-corrected chi connectivity index (χ4v) is 1.93. The van der Waals surface area contributed by atoms with Crippen molar-refractivity contribution >= 4 is 17.3 Å². The third kappa shape index (κ3) is 3.31. The highest BCUT2D eigenvalue weighted by atomic mass is 16.5. The number of benzene rings is 2. The van der Waals surface area contributed by atoms with Crippen LogP contribution in [0.5, 0.6) is 5.75 Å². The van der Waals surface area contributed by atoms with Gasteiger partial charge in [-0.2, -0.15) is 5.26 Å².